The van der Waals surface area contributed by atoms with Gasteiger partial charge in [-0.05, 0) is 19.1 Å². The van der Waals surface area contributed by atoms with Gasteiger partial charge in [0.05, 0.1) is 17.8 Å². The number of hydrogen-bond donors (Lipinski definition) is 2. The van der Waals surface area contributed by atoms with E-state index in [0.29, 0.717) is 0 Å². The van der Waals surface area contributed by atoms with E-state index in [9.17, 15) is 9.18 Å². The molecule has 0 fully saturated rings. The van der Waals surface area contributed by atoms with E-state index in [1.165, 1.54) is 12.1 Å². The normalized spacial score (nSPS) is 12.1. The van der Waals surface area contributed by atoms with Gasteiger partial charge in [-0.3, -0.25) is 9.89 Å². The lowest BCUT2D eigenvalue weighted by molar-refractivity contribution is 0.0936. The second kappa shape index (κ2) is 4.78. The van der Waals surface area contributed by atoms with Gasteiger partial charge in [0.2, 0.25) is 0 Å². The number of aromatic amines is 1. The number of amides is 1. The average molecular weight is 233 g/mol. The van der Waals surface area contributed by atoms with Gasteiger partial charge >= 0.3 is 0 Å². The van der Waals surface area contributed by atoms with Crippen LogP contribution in [-0.2, 0) is 0 Å². The Hall–Kier alpha value is -2.17. The van der Waals surface area contributed by atoms with Crippen LogP contribution >= 0.6 is 0 Å². The summed E-state index contributed by atoms with van der Waals surface area (Å²) in [6, 6.07) is 5.66. The molecule has 88 valence electrons. The number of halogens is 1. The van der Waals surface area contributed by atoms with Gasteiger partial charge in [0.15, 0.2) is 0 Å². The molecule has 2 aromatic rings. The molecule has 0 saturated heterocycles. The summed E-state index contributed by atoms with van der Waals surface area (Å²) in [6.07, 6.45) is 3.30. The minimum atomic E-state index is -0.524. The first-order valence-corrected chi connectivity index (χ1v) is 5.22. The van der Waals surface area contributed by atoms with Crippen LogP contribution in [0.2, 0.25) is 0 Å². The number of nitrogens with zero attached hydrogens (tertiary/aromatic N) is 1. The van der Waals surface area contributed by atoms with E-state index in [2.05, 4.69) is 15.5 Å². The maximum Gasteiger partial charge on any atom is 0.254 e. The molecular formula is C12H12FN3O. The van der Waals surface area contributed by atoms with Crippen LogP contribution < -0.4 is 5.32 Å². The van der Waals surface area contributed by atoms with Crippen molar-refractivity contribution in [1.82, 2.24) is 15.5 Å². The van der Waals surface area contributed by atoms with Gasteiger partial charge in [0, 0.05) is 11.8 Å². The molecule has 2 N–H and O–H groups in total. The first-order chi connectivity index (χ1) is 8.18. The Morgan fingerprint density at radius 1 is 1.47 bits per heavy atom. The fourth-order valence-corrected chi connectivity index (χ4v) is 1.50. The lowest BCUT2D eigenvalue weighted by atomic mass is 10.1. The van der Waals surface area contributed by atoms with E-state index in [4.69, 9.17) is 0 Å². The molecule has 0 radical (unpaired) electrons. The van der Waals surface area contributed by atoms with Crippen LogP contribution in [0.5, 0.6) is 0 Å². The van der Waals surface area contributed by atoms with Crippen LogP contribution in [-0.4, -0.2) is 16.1 Å². The van der Waals surface area contributed by atoms with E-state index in [1.807, 2.05) is 6.92 Å². The lowest BCUT2D eigenvalue weighted by Gasteiger charge is -2.12. The van der Waals surface area contributed by atoms with Gasteiger partial charge in [-0.15, -0.1) is 0 Å². The number of nitrogens with one attached hydrogen (secondary N) is 2. The van der Waals surface area contributed by atoms with Crippen molar-refractivity contribution in [3.05, 3.63) is 53.6 Å². The largest absolute Gasteiger partial charge is 0.345 e. The quantitative estimate of drug-likeness (QED) is 0.852. The first-order valence-electron chi connectivity index (χ1n) is 5.22. The standard InChI is InChI=1S/C12H12FN3O/c1-8(9-6-14-15-7-9)16-12(17)10-4-2-3-5-11(10)13/h2-8H,1H3,(H,14,15)(H,16,17). The predicted octanol–water partition coefficient (Wildman–Crippen LogP) is 2.04. The zero-order valence-electron chi connectivity index (χ0n) is 9.27. The van der Waals surface area contributed by atoms with E-state index >= 15 is 0 Å². The second-order valence-electron chi connectivity index (χ2n) is 3.71. The van der Waals surface area contributed by atoms with E-state index in [1.54, 1.807) is 24.5 Å². The van der Waals surface area contributed by atoms with Crippen LogP contribution in [0.3, 0.4) is 0 Å². The molecule has 1 aromatic carbocycles. The number of carbonyl (C=O) groups excluding carboxylic acids is 1. The van der Waals surface area contributed by atoms with Crippen molar-refractivity contribution < 1.29 is 9.18 Å². The fraction of sp³-hybridized carbons (Fsp3) is 0.167. The predicted molar refractivity (Wildman–Crippen MR) is 60.9 cm³/mol. The molecule has 0 aliphatic rings. The Morgan fingerprint density at radius 2 is 2.24 bits per heavy atom. The monoisotopic (exact) mass is 233 g/mol. The molecule has 2 rings (SSSR count). The third-order valence-corrected chi connectivity index (χ3v) is 2.49. The second-order valence-corrected chi connectivity index (χ2v) is 3.71. The molecule has 1 unspecified atom stereocenters. The molecule has 1 atom stereocenters. The summed E-state index contributed by atoms with van der Waals surface area (Å²) in [5.41, 5.74) is 0.887. The molecule has 1 aromatic heterocycles. The van der Waals surface area contributed by atoms with Crippen LogP contribution in [0.4, 0.5) is 4.39 Å². The number of H-pyrrole nitrogens is 1. The smallest absolute Gasteiger partial charge is 0.254 e. The Kier molecular flexibility index (Phi) is 3.18. The highest BCUT2D eigenvalue weighted by molar-refractivity contribution is 5.94. The number of rotatable bonds is 3. The molecule has 1 heterocycles. The molecule has 0 aliphatic carbocycles. The average Bonchev–Trinajstić information content (AvgIpc) is 2.82. The van der Waals surface area contributed by atoms with Gasteiger partial charge in [-0.2, -0.15) is 5.10 Å². The highest BCUT2D eigenvalue weighted by Crippen LogP contribution is 2.12. The zero-order valence-corrected chi connectivity index (χ0v) is 9.27. The third-order valence-electron chi connectivity index (χ3n) is 2.49. The van der Waals surface area contributed by atoms with E-state index < -0.39 is 11.7 Å². The van der Waals surface area contributed by atoms with Crippen molar-refractivity contribution in [3.8, 4) is 0 Å². The Labute approximate surface area is 97.9 Å². The van der Waals surface area contributed by atoms with Crippen molar-refractivity contribution >= 4 is 5.91 Å². The molecule has 4 nitrogen and oxygen atoms in total. The number of benzene rings is 1. The molecule has 5 heteroatoms. The number of hydrogen-bond acceptors (Lipinski definition) is 2. The molecule has 17 heavy (non-hydrogen) atoms. The Morgan fingerprint density at radius 3 is 2.88 bits per heavy atom. The highest BCUT2D eigenvalue weighted by atomic mass is 19.1. The molecule has 1 amide bonds. The maximum atomic E-state index is 13.4. The van der Waals surface area contributed by atoms with Gasteiger partial charge in [-0.1, -0.05) is 12.1 Å². The minimum Gasteiger partial charge on any atom is -0.345 e. The minimum absolute atomic E-state index is 0.0443. The van der Waals surface area contributed by atoms with Crippen LogP contribution in [0, 0.1) is 5.82 Å². The fourth-order valence-electron chi connectivity index (χ4n) is 1.50. The zero-order chi connectivity index (χ0) is 12.3. The summed E-state index contributed by atoms with van der Waals surface area (Å²) in [5, 5.41) is 9.15. The van der Waals surface area contributed by atoms with Gasteiger partial charge in [0.1, 0.15) is 5.82 Å². The summed E-state index contributed by atoms with van der Waals surface area (Å²) >= 11 is 0. The number of aromatic nitrogens is 2. The molecular weight excluding hydrogens is 221 g/mol. The number of carbonyl (C=O) groups is 1. The van der Waals surface area contributed by atoms with Gasteiger partial charge in [0.25, 0.3) is 5.91 Å². The summed E-state index contributed by atoms with van der Waals surface area (Å²) in [4.78, 5) is 11.8. The highest BCUT2D eigenvalue weighted by Gasteiger charge is 2.14. The van der Waals surface area contributed by atoms with Crippen molar-refractivity contribution in [1.29, 1.82) is 0 Å². The summed E-state index contributed by atoms with van der Waals surface area (Å²) in [5.74, 6) is -0.957. The van der Waals surface area contributed by atoms with Crippen molar-refractivity contribution in [2.24, 2.45) is 0 Å². The molecule has 0 bridgehead atoms. The van der Waals surface area contributed by atoms with E-state index in [-0.39, 0.29) is 11.6 Å². The third kappa shape index (κ3) is 2.50. The first kappa shape index (κ1) is 11.3. The topological polar surface area (TPSA) is 57.8 Å². The van der Waals surface area contributed by atoms with Crippen LogP contribution in [0.1, 0.15) is 28.9 Å². The lowest BCUT2D eigenvalue weighted by Crippen LogP contribution is -2.27. The van der Waals surface area contributed by atoms with Crippen molar-refractivity contribution in [3.63, 3.8) is 0 Å². The Bertz CT molecular complexity index is 510. The van der Waals surface area contributed by atoms with Crippen molar-refractivity contribution in [2.75, 3.05) is 0 Å². The molecule has 0 aliphatic heterocycles. The van der Waals surface area contributed by atoms with Gasteiger partial charge in [-0.25, -0.2) is 4.39 Å². The van der Waals surface area contributed by atoms with Crippen LogP contribution in [0.15, 0.2) is 36.7 Å². The van der Waals surface area contributed by atoms with Crippen LogP contribution in [0.25, 0.3) is 0 Å². The molecule has 0 spiro atoms. The SMILES string of the molecule is CC(NC(=O)c1ccccc1F)c1cn[nH]c1. The van der Waals surface area contributed by atoms with Gasteiger partial charge < -0.3 is 5.32 Å². The summed E-state index contributed by atoms with van der Waals surface area (Å²) in [7, 11) is 0. The maximum absolute atomic E-state index is 13.4. The molecule has 0 saturated carbocycles. The summed E-state index contributed by atoms with van der Waals surface area (Å²) < 4.78 is 13.4. The van der Waals surface area contributed by atoms with E-state index in [0.717, 1.165) is 5.56 Å². The summed E-state index contributed by atoms with van der Waals surface area (Å²) in [6.45, 7) is 1.81. The Balaban J connectivity index is 2.10. The van der Waals surface area contributed by atoms with Crippen molar-refractivity contribution in [2.45, 2.75) is 13.0 Å².